The average molecular weight is 581 g/mol. The van der Waals surface area contributed by atoms with Crippen LogP contribution in [-0.2, 0) is 31.8 Å². The van der Waals surface area contributed by atoms with Crippen LogP contribution in [-0.4, -0.2) is 64.1 Å². The van der Waals surface area contributed by atoms with Gasteiger partial charge in [0.1, 0.15) is 36.9 Å². The Balaban J connectivity index is -0.00000241. The van der Waals surface area contributed by atoms with Gasteiger partial charge >= 0.3 is 0 Å². The minimum Gasteiger partial charge on any atom is -0.491 e. The summed E-state index contributed by atoms with van der Waals surface area (Å²) >= 11 is 0. The second kappa shape index (κ2) is 20.7. The molecule has 0 bridgehead atoms. The van der Waals surface area contributed by atoms with E-state index >= 15 is 0 Å². The molecule has 4 rings (SSSR count). The third-order valence-electron chi connectivity index (χ3n) is 6.12. The smallest absolute Gasteiger partial charge is 0.119 e. The highest BCUT2D eigenvalue weighted by atomic mass is 16.6. The van der Waals surface area contributed by atoms with Crippen molar-refractivity contribution >= 4 is 0 Å². The van der Waals surface area contributed by atoms with Crippen molar-refractivity contribution < 1.29 is 28.4 Å². The van der Waals surface area contributed by atoms with Crippen LogP contribution in [0.1, 0.15) is 83.4 Å². The molecule has 0 saturated carbocycles. The number of hydrogen-bond donors (Lipinski definition) is 0. The lowest BCUT2D eigenvalue weighted by Gasteiger charge is -2.25. The lowest BCUT2D eigenvalue weighted by Crippen LogP contribution is -2.20. The molecule has 0 aliphatic carbocycles. The SMILES string of the molecule is C.C.C.C.C.C.CC(COc1ccc(CC(C)(C)Cc2ccc(OCC(C)OCC3CO3)cc2)cc1)OCC1CO1. The van der Waals surface area contributed by atoms with Gasteiger partial charge in [-0.2, -0.15) is 0 Å². The Morgan fingerprint density at radius 2 is 0.951 bits per heavy atom. The maximum Gasteiger partial charge on any atom is 0.119 e. The fourth-order valence-electron chi connectivity index (χ4n) is 3.97. The molecule has 2 fully saturated rings. The molecular formula is C35H64O6. The number of hydrogen-bond acceptors (Lipinski definition) is 6. The van der Waals surface area contributed by atoms with Crippen molar-refractivity contribution in [3.8, 4) is 11.5 Å². The normalized spacial score (nSPS) is 17.8. The summed E-state index contributed by atoms with van der Waals surface area (Å²) in [5.74, 6) is 1.75. The molecule has 0 N–H and O–H groups in total. The van der Waals surface area contributed by atoms with Gasteiger partial charge in [0, 0.05) is 0 Å². The number of rotatable bonds is 16. The molecule has 2 aromatic rings. The van der Waals surface area contributed by atoms with Crippen LogP contribution in [0, 0.1) is 5.41 Å². The number of epoxide rings is 2. The topological polar surface area (TPSA) is 62.0 Å². The van der Waals surface area contributed by atoms with E-state index in [0.29, 0.717) is 26.4 Å². The number of benzene rings is 2. The zero-order chi connectivity index (χ0) is 24.7. The van der Waals surface area contributed by atoms with Gasteiger partial charge < -0.3 is 28.4 Å². The van der Waals surface area contributed by atoms with Gasteiger partial charge in [0.15, 0.2) is 0 Å². The lowest BCUT2D eigenvalue weighted by molar-refractivity contribution is 0.0241. The van der Waals surface area contributed by atoms with Crippen LogP contribution in [0.2, 0.25) is 0 Å². The number of ether oxygens (including phenoxy) is 6. The Bertz CT molecular complexity index is 814. The van der Waals surface area contributed by atoms with Gasteiger partial charge in [-0.15, -0.1) is 0 Å². The molecule has 2 heterocycles. The molecular weight excluding hydrogens is 516 g/mol. The standard InChI is InChI=1S/C29H40O6.6CH4/c1-21(30-17-27-19-34-27)15-32-25-9-5-23(6-10-25)13-29(3,4)14-24-7-11-26(12-8-24)33-16-22(2)31-18-28-20-35-28;;;;;;/h5-12,21-22,27-28H,13-20H2,1-4H3;6*1H4. The molecule has 240 valence electrons. The van der Waals surface area contributed by atoms with Crippen LogP contribution in [0.15, 0.2) is 48.5 Å². The van der Waals surface area contributed by atoms with Crippen LogP contribution in [0.25, 0.3) is 0 Å². The first-order valence-electron chi connectivity index (χ1n) is 12.7. The van der Waals surface area contributed by atoms with Crippen molar-refractivity contribution in [3.05, 3.63) is 59.7 Å². The van der Waals surface area contributed by atoms with Gasteiger partial charge in [0.05, 0.1) is 38.6 Å². The Kier molecular flexibility index (Phi) is 21.9. The van der Waals surface area contributed by atoms with Gasteiger partial charge in [-0.3, -0.25) is 0 Å². The highest BCUT2D eigenvalue weighted by Gasteiger charge is 2.24. The van der Waals surface area contributed by atoms with Crippen molar-refractivity contribution in [2.45, 2.75) is 110 Å². The zero-order valence-electron chi connectivity index (χ0n) is 21.5. The van der Waals surface area contributed by atoms with E-state index in [1.807, 2.05) is 13.8 Å². The molecule has 0 aromatic heterocycles. The van der Waals surface area contributed by atoms with E-state index in [0.717, 1.165) is 37.6 Å². The van der Waals surface area contributed by atoms with E-state index in [2.05, 4.69) is 62.4 Å². The lowest BCUT2D eigenvalue weighted by atomic mass is 9.80. The van der Waals surface area contributed by atoms with E-state index in [-0.39, 0.29) is 74.4 Å². The molecule has 6 nitrogen and oxygen atoms in total. The maximum absolute atomic E-state index is 5.88. The van der Waals surface area contributed by atoms with Gasteiger partial charge in [0.2, 0.25) is 0 Å². The van der Waals surface area contributed by atoms with Crippen LogP contribution in [0.3, 0.4) is 0 Å². The minimum absolute atomic E-state index is 0. The van der Waals surface area contributed by atoms with Crippen LogP contribution in [0.4, 0.5) is 0 Å². The summed E-state index contributed by atoms with van der Waals surface area (Å²) in [5.41, 5.74) is 2.75. The van der Waals surface area contributed by atoms with Gasteiger partial charge in [-0.05, 0) is 67.5 Å². The molecule has 0 amide bonds. The summed E-state index contributed by atoms with van der Waals surface area (Å²) in [6.07, 6.45) is 2.65. The van der Waals surface area contributed by atoms with E-state index in [4.69, 9.17) is 28.4 Å². The summed E-state index contributed by atoms with van der Waals surface area (Å²) in [6.45, 7) is 12.7. The third kappa shape index (κ3) is 16.8. The van der Waals surface area contributed by atoms with Crippen molar-refractivity contribution in [2.75, 3.05) is 39.6 Å². The Labute approximate surface area is 254 Å². The Morgan fingerprint density at radius 1 is 0.634 bits per heavy atom. The molecule has 2 aliphatic rings. The van der Waals surface area contributed by atoms with Crippen molar-refractivity contribution in [1.82, 2.24) is 0 Å². The quantitative estimate of drug-likeness (QED) is 0.185. The first-order valence-corrected chi connectivity index (χ1v) is 12.7. The fourth-order valence-corrected chi connectivity index (χ4v) is 3.97. The van der Waals surface area contributed by atoms with E-state index in [1.54, 1.807) is 0 Å². The first kappa shape index (κ1) is 43.3. The maximum atomic E-state index is 5.88. The molecule has 0 radical (unpaired) electrons. The Morgan fingerprint density at radius 3 is 1.24 bits per heavy atom. The van der Waals surface area contributed by atoms with Crippen molar-refractivity contribution in [2.24, 2.45) is 5.41 Å². The van der Waals surface area contributed by atoms with Crippen LogP contribution < -0.4 is 9.47 Å². The first-order chi connectivity index (χ1) is 16.8. The van der Waals surface area contributed by atoms with Gasteiger partial charge in [-0.1, -0.05) is 82.7 Å². The highest BCUT2D eigenvalue weighted by Crippen LogP contribution is 2.28. The molecule has 6 heteroatoms. The highest BCUT2D eigenvalue weighted by molar-refractivity contribution is 5.30. The molecule has 4 unspecified atom stereocenters. The molecule has 41 heavy (non-hydrogen) atoms. The van der Waals surface area contributed by atoms with E-state index < -0.39 is 0 Å². The predicted molar refractivity (Wildman–Crippen MR) is 176 cm³/mol. The largest absolute Gasteiger partial charge is 0.491 e. The average Bonchev–Trinajstić information content (AvgIpc) is 3.75. The van der Waals surface area contributed by atoms with Crippen LogP contribution in [0.5, 0.6) is 11.5 Å². The molecule has 2 saturated heterocycles. The van der Waals surface area contributed by atoms with Crippen LogP contribution >= 0.6 is 0 Å². The second-order valence-electron chi connectivity index (χ2n) is 10.6. The van der Waals surface area contributed by atoms with Crippen molar-refractivity contribution in [3.63, 3.8) is 0 Å². The Hall–Kier alpha value is -2.12. The summed E-state index contributed by atoms with van der Waals surface area (Å²) in [7, 11) is 0. The summed E-state index contributed by atoms with van der Waals surface area (Å²) < 4.78 is 33.5. The monoisotopic (exact) mass is 580 g/mol. The molecule has 2 aromatic carbocycles. The summed E-state index contributed by atoms with van der Waals surface area (Å²) in [4.78, 5) is 0. The third-order valence-corrected chi connectivity index (χ3v) is 6.12. The fraction of sp³-hybridized carbons (Fsp3) is 0.657. The predicted octanol–water partition coefficient (Wildman–Crippen LogP) is 8.68. The van der Waals surface area contributed by atoms with E-state index in [9.17, 15) is 0 Å². The summed E-state index contributed by atoms with van der Waals surface area (Å²) in [5, 5.41) is 0. The van der Waals surface area contributed by atoms with E-state index in [1.165, 1.54) is 11.1 Å². The second-order valence-corrected chi connectivity index (χ2v) is 10.6. The minimum atomic E-state index is 0. The molecule has 4 atom stereocenters. The van der Waals surface area contributed by atoms with Crippen molar-refractivity contribution in [1.29, 1.82) is 0 Å². The molecule has 0 spiro atoms. The zero-order valence-corrected chi connectivity index (χ0v) is 21.5. The summed E-state index contributed by atoms with van der Waals surface area (Å²) in [6, 6.07) is 16.9. The van der Waals surface area contributed by atoms with Gasteiger partial charge in [0.25, 0.3) is 0 Å². The molecule has 2 aliphatic heterocycles. The van der Waals surface area contributed by atoms with Gasteiger partial charge in [-0.25, -0.2) is 0 Å².